The van der Waals surface area contributed by atoms with Crippen LogP contribution in [0.1, 0.15) is 0 Å². The lowest BCUT2D eigenvalue weighted by Gasteiger charge is -2.12. The average Bonchev–Trinajstić information content (AvgIpc) is 2.61. The van der Waals surface area contributed by atoms with Crippen molar-refractivity contribution in [2.45, 2.75) is 4.90 Å². The minimum atomic E-state index is -3.97. The predicted octanol–water partition coefficient (Wildman–Crippen LogP) is 7.55. The van der Waals surface area contributed by atoms with Crippen molar-refractivity contribution in [2.24, 2.45) is 0 Å². The zero-order valence-corrected chi connectivity index (χ0v) is 18.3. The van der Waals surface area contributed by atoms with Crippen LogP contribution in [0, 0.1) is 0 Å². The highest BCUT2D eigenvalue weighted by Gasteiger charge is 2.20. The second-order valence-electron chi connectivity index (χ2n) is 5.50. The van der Waals surface area contributed by atoms with E-state index in [9.17, 15) is 8.42 Å². The number of sulfonamides is 1. The number of anilines is 1. The molecular weight excluding hydrogens is 488 g/mol. The predicted molar refractivity (Wildman–Crippen MR) is 115 cm³/mol. The summed E-state index contributed by atoms with van der Waals surface area (Å²) in [6, 6.07) is 13.5. The highest BCUT2D eigenvalue weighted by atomic mass is 35.5. The zero-order chi connectivity index (χ0) is 20.5. The molecule has 0 fully saturated rings. The molecule has 0 atom stereocenters. The first kappa shape index (κ1) is 21.4. The van der Waals surface area contributed by atoms with E-state index in [0.29, 0.717) is 27.2 Å². The molecule has 0 bridgehead atoms. The van der Waals surface area contributed by atoms with E-state index < -0.39 is 10.0 Å². The number of rotatable bonds is 5. The normalized spacial score (nSPS) is 11.3. The molecule has 146 valence electrons. The number of halogens is 5. The molecule has 3 rings (SSSR count). The third-order valence-corrected chi connectivity index (χ3v) is 6.59. The summed E-state index contributed by atoms with van der Waals surface area (Å²) >= 11 is 29.6. The SMILES string of the molecule is O=S(=O)(Nc1ccc(Oc2ccc(Cl)cc2Cl)cc1)c1cc(Cl)c(Cl)cc1Cl. The van der Waals surface area contributed by atoms with Gasteiger partial charge in [0.05, 0.1) is 20.1 Å². The van der Waals surface area contributed by atoms with Gasteiger partial charge in [-0.1, -0.05) is 58.0 Å². The van der Waals surface area contributed by atoms with Gasteiger partial charge in [-0.25, -0.2) is 8.42 Å². The monoisotopic (exact) mass is 495 g/mol. The van der Waals surface area contributed by atoms with Gasteiger partial charge in [0.15, 0.2) is 0 Å². The van der Waals surface area contributed by atoms with E-state index in [1.165, 1.54) is 24.3 Å². The summed E-state index contributed by atoms with van der Waals surface area (Å²) < 4.78 is 33.2. The van der Waals surface area contributed by atoms with Crippen LogP contribution in [0.3, 0.4) is 0 Å². The maximum absolute atomic E-state index is 12.6. The quantitative estimate of drug-likeness (QED) is 0.370. The van der Waals surface area contributed by atoms with Crippen LogP contribution in [0.2, 0.25) is 25.1 Å². The maximum atomic E-state index is 12.6. The van der Waals surface area contributed by atoms with Crippen molar-refractivity contribution in [2.75, 3.05) is 4.72 Å². The van der Waals surface area contributed by atoms with E-state index in [1.807, 2.05) is 0 Å². The van der Waals surface area contributed by atoms with Gasteiger partial charge < -0.3 is 4.74 Å². The van der Waals surface area contributed by atoms with Crippen LogP contribution in [0.15, 0.2) is 59.5 Å². The molecule has 10 heteroatoms. The van der Waals surface area contributed by atoms with E-state index in [0.717, 1.165) is 0 Å². The molecule has 0 saturated heterocycles. The van der Waals surface area contributed by atoms with Crippen LogP contribution in [-0.4, -0.2) is 8.42 Å². The molecule has 0 spiro atoms. The number of benzene rings is 3. The Morgan fingerprint density at radius 3 is 2.00 bits per heavy atom. The van der Waals surface area contributed by atoms with Crippen LogP contribution in [-0.2, 0) is 10.0 Å². The van der Waals surface area contributed by atoms with Gasteiger partial charge in [-0.15, -0.1) is 0 Å². The van der Waals surface area contributed by atoms with Crippen molar-refractivity contribution in [1.82, 2.24) is 0 Å². The van der Waals surface area contributed by atoms with E-state index >= 15 is 0 Å². The fraction of sp³-hybridized carbons (Fsp3) is 0. The Balaban J connectivity index is 1.79. The summed E-state index contributed by atoms with van der Waals surface area (Å²) in [6.45, 7) is 0. The van der Waals surface area contributed by atoms with Crippen molar-refractivity contribution in [3.8, 4) is 11.5 Å². The van der Waals surface area contributed by atoms with E-state index in [1.54, 1.807) is 30.3 Å². The second kappa shape index (κ2) is 8.57. The largest absolute Gasteiger partial charge is 0.456 e. The maximum Gasteiger partial charge on any atom is 0.263 e. The third-order valence-electron chi connectivity index (χ3n) is 3.49. The Morgan fingerprint density at radius 1 is 0.714 bits per heavy atom. The van der Waals surface area contributed by atoms with E-state index in [4.69, 9.17) is 62.7 Å². The van der Waals surface area contributed by atoms with Gasteiger partial charge in [-0.3, -0.25) is 4.72 Å². The Kier molecular flexibility index (Phi) is 6.54. The first-order valence-electron chi connectivity index (χ1n) is 7.56. The van der Waals surface area contributed by atoms with Crippen molar-refractivity contribution in [3.63, 3.8) is 0 Å². The Morgan fingerprint density at radius 2 is 1.36 bits per heavy atom. The average molecular weight is 498 g/mol. The molecule has 4 nitrogen and oxygen atoms in total. The Labute approximate surface area is 186 Å². The first-order chi connectivity index (χ1) is 13.2. The molecule has 0 aliphatic carbocycles. The molecule has 0 aliphatic heterocycles. The summed E-state index contributed by atoms with van der Waals surface area (Å²) in [7, 11) is -3.97. The van der Waals surface area contributed by atoms with Crippen LogP contribution in [0.25, 0.3) is 0 Å². The molecule has 0 saturated carbocycles. The molecule has 0 aromatic heterocycles. The molecular formula is C18H10Cl5NO3S. The highest BCUT2D eigenvalue weighted by molar-refractivity contribution is 7.92. The van der Waals surface area contributed by atoms with Crippen molar-refractivity contribution in [1.29, 1.82) is 0 Å². The molecule has 0 unspecified atom stereocenters. The molecule has 1 N–H and O–H groups in total. The summed E-state index contributed by atoms with van der Waals surface area (Å²) in [5.41, 5.74) is 0.302. The number of hydrogen-bond donors (Lipinski definition) is 1. The van der Waals surface area contributed by atoms with Gasteiger partial charge in [0.2, 0.25) is 0 Å². The second-order valence-corrected chi connectivity index (χ2v) is 9.22. The fourth-order valence-electron chi connectivity index (χ4n) is 2.20. The number of nitrogens with one attached hydrogen (secondary N) is 1. The smallest absolute Gasteiger partial charge is 0.263 e. The van der Waals surface area contributed by atoms with Gasteiger partial charge in [-0.05, 0) is 54.6 Å². The van der Waals surface area contributed by atoms with Crippen LogP contribution in [0.4, 0.5) is 5.69 Å². The molecule has 0 aliphatic rings. The third kappa shape index (κ3) is 4.98. The first-order valence-corrected chi connectivity index (χ1v) is 10.9. The Hall–Kier alpha value is -1.34. The van der Waals surface area contributed by atoms with E-state index in [-0.39, 0.29) is 20.0 Å². The topological polar surface area (TPSA) is 55.4 Å². The summed E-state index contributed by atoms with van der Waals surface area (Å²) in [5, 5.41) is 1.04. The van der Waals surface area contributed by atoms with Crippen molar-refractivity contribution in [3.05, 3.63) is 79.7 Å². The number of hydrogen-bond acceptors (Lipinski definition) is 3. The van der Waals surface area contributed by atoms with Gasteiger partial charge in [0.1, 0.15) is 16.4 Å². The Bertz CT molecular complexity index is 1130. The molecule has 0 heterocycles. The van der Waals surface area contributed by atoms with Gasteiger partial charge in [0.25, 0.3) is 10.0 Å². The fourth-order valence-corrected chi connectivity index (χ4v) is 4.70. The molecule has 0 radical (unpaired) electrons. The van der Waals surface area contributed by atoms with Crippen LogP contribution < -0.4 is 9.46 Å². The summed E-state index contributed by atoms with van der Waals surface area (Å²) in [4.78, 5) is -0.183. The molecule has 28 heavy (non-hydrogen) atoms. The standard InChI is InChI=1S/C18H10Cl5NO3S/c19-10-1-6-17(15(22)7-10)27-12-4-2-11(3-5-12)24-28(25,26)18-9-14(21)13(20)8-16(18)23/h1-9,24H. The van der Waals surface area contributed by atoms with Crippen molar-refractivity contribution < 1.29 is 13.2 Å². The van der Waals surface area contributed by atoms with Gasteiger partial charge in [-0.2, -0.15) is 0 Å². The lowest BCUT2D eigenvalue weighted by atomic mass is 10.3. The highest BCUT2D eigenvalue weighted by Crippen LogP contribution is 2.34. The van der Waals surface area contributed by atoms with E-state index in [2.05, 4.69) is 4.72 Å². The van der Waals surface area contributed by atoms with Gasteiger partial charge in [0, 0.05) is 10.7 Å². The summed E-state index contributed by atoms with van der Waals surface area (Å²) in [5.74, 6) is 0.877. The minimum Gasteiger partial charge on any atom is -0.456 e. The van der Waals surface area contributed by atoms with Crippen LogP contribution in [0.5, 0.6) is 11.5 Å². The lowest BCUT2D eigenvalue weighted by molar-refractivity contribution is 0.483. The number of ether oxygens (including phenoxy) is 1. The van der Waals surface area contributed by atoms with Gasteiger partial charge >= 0.3 is 0 Å². The minimum absolute atomic E-state index is 0.0424. The molecule has 3 aromatic rings. The molecule has 3 aromatic carbocycles. The molecule has 0 amide bonds. The summed E-state index contributed by atoms with van der Waals surface area (Å²) in [6.07, 6.45) is 0. The zero-order valence-electron chi connectivity index (χ0n) is 13.7. The van der Waals surface area contributed by atoms with Crippen molar-refractivity contribution >= 4 is 73.7 Å². The van der Waals surface area contributed by atoms with Crippen LogP contribution >= 0.6 is 58.0 Å². The lowest BCUT2D eigenvalue weighted by Crippen LogP contribution is -2.13.